The molecule has 0 aromatic rings. The van der Waals surface area contributed by atoms with Crippen molar-refractivity contribution >= 4 is 29.1 Å². The molecular weight excluding hydrogens is 456 g/mol. The smallest absolute Gasteiger partial charge is 0.255 e. The van der Waals surface area contributed by atoms with Crippen molar-refractivity contribution in [3.05, 3.63) is 44.6 Å². The third-order valence-electron chi connectivity index (χ3n) is 7.33. The lowest BCUT2D eigenvalue weighted by atomic mass is 9.54. The highest BCUT2D eigenvalue weighted by Gasteiger charge is 2.66. The van der Waals surface area contributed by atoms with Crippen LogP contribution < -0.4 is 5.73 Å². The Bertz CT molecular complexity index is 1150. The highest BCUT2D eigenvalue weighted by atomic mass is 35.5. The number of hydrogen-bond donors (Lipinski definition) is 6. The van der Waals surface area contributed by atoms with Crippen LogP contribution in [0.25, 0.3) is 0 Å². The molecule has 0 unspecified atom stereocenters. The third-order valence-corrected chi connectivity index (χ3v) is 7.71. The fourth-order valence-electron chi connectivity index (χ4n) is 5.83. The normalized spacial score (nSPS) is 36.9. The van der Waals surface area contributed by atoms with Gasteiger partial charge < -0.3 is 31.3 Å². The number of carbonyl (C=O) groups is 3. The van der Waals surface area contributed by atoms with E-state index in [1.165, 1.54) is 25.9 Å². The first-order valence-corrected chi connectivity index (χ1v) is 10.8. The number of aliphatic hydroxyl groups is 5. The molecule has 11 heteroatoms. The van der Waals surface area contributed by atoms with Gasteiger partial charge in [0.2, 0.25) is 5.78 Å². The first-order valence-electron chi connectivity index (χ1n) is 10.4. The van der Waals surface area contributed by atoms with E-state index in [2.05, 4.69) is 0 Å². The van der Waals surface area contributed by atoms with Crippen molar-refractivity contribution in [2.45, 2.75) is 43.4 Å². The number of aliphatic hydroxyl groups excluding tert-OH is 3. The van der Waals surface area contributed by atoms with Crippen LogP contribution in [0, 0.1) is 11.8 Å². The number of ketones is 2. The minimum absolute atomic E-state index is 0.0334. The number of halogens is 1. The monoisotopic (exact) mass is 480 g/mol. The van der Waals surface area contributed by atoms with Gasteiger partial charge in [-0.3, -0.25) is 19.3 Å². The van der Waals surface area contributed by atoms with Gasteiger partial charge in [-0.05, 0) is 33.9 Å². The molecule has 0 spiro atoms. The van der Waals surface area contributed by atoms with Gasteiger partial charge in [-0.2, -0.15) is 0 Å². The van der Waals surface area contributed by atoms with E-state index in [4.69, 9.17) is 17.3 Å². The molecule has 4 rings (SSSR count). The van der Waals surface area contributed by atoms with Crippen molar-refractivity contribution in [1.29, 1.82) is 0 Å². The molecule has 1 amide bonds. The number of hydrogen-bond acceptors (Lipinski definition) is 9. The first kappa shape index (κ1) is 23.5. The molecule has 4 aliphatic carbocycles. The maximum absolute atomic E-state index is 13.4. The van der Waals surface area contributed by atoms with Gasteiger partial charge in [-0.15, -0.1) is 0 Å². The predicted octanol–water partition coefficient (Wildman–Crippen LogP) is 0.409. The Labute approximate surface area is 193 Å². The van der Waals surface area contributed by atoms with Gasteiger partial charge in [0.15, 0.2) is 11.4 Å². The molecule has 0 saturated heterocycles. The van der Waals surface area contributed by atoms with E-state index in [9.17, 15) is 39.9 Å². The summed E-state index contributed by atoms with van der Waals surface area (Å²) in [6, 6.07) is -1.15. The van der Waals surface area contributed by atoms with Gasteiger partial charge in [0.25, 0.3) is 5.91 Å². The zero-order valence-electron chi connectivity index (χ0n) is 18.2. The molecule has 1 fully saturated rings. The van der Waals surface area contributed by atoms with E-state index in [-0.39, 0.29) is 41.2 Å². The van der Waals surface area contributed by atoms with Crippen molar-refractivity contribution < 1.29 is 39.9 Å². The van der Waals surface area contributed by atoms with Crippen LogP contribution in [0.3, 0.4) is 0 Å². The van der Waals surface area contributed by atoms with E-state index in [0.717, 1.165) is 0 Å². The maximum Gasteiger partial charge on any atom is 0.255 e. The summed E-state index contributed by atoms with van der Waals surface area (Å²) < 4.78 is 0. The van der Waals surface area contributed by atoms with Crippen LogP contribution in [-0.4, -0.2) is 79.2 Å². The second-order valence-corrected chi connectivity index (χ2v) is 9.82. The number of carbonyl (C=O) groups excluding carboxylic acids is 3. The number of primary amides is 1. The lowest BCUT2D eigenvalue weighted by Gasteiger charge is -2.53. The molecular formula is C22H25ClN2O8. The Morgan fingerprint density at radius 3 is 2.30 bits per heavy atom. The molecule has 0 aromatic carbocycles. The first-order chi connectivity index (χ1) is 15.2. The summed E-state index contributed by atoms with van der Waals surface area (Å²) in [5, 5.41) is 55.6. The number of amides is 1. The van der Waals surface area contributed by atoms with Gasteiger partial charge in [0, 0.05) is 34.4 Å². The molecule has 178 valence electrons. The molecule has 5 atom stereocenters. The van der Waals surface area contributed by atoms with Gasteiger partial charge in [0.05, 0.1) is 17.2 Å². The summed E-state index contributed by atoms with van der Waals surface area (Å²) in [4.78, 5) is 40.1. The summed E-state index contributed by atoms with van der Waals surface area (Å²) in [6.07, 6.45) is 0.00125. The fraction of sp³-hybridized carbons (Fsp3) is 0.500. The standard InChI is InChI=1S/C22H25ClN2O8/c1-21(32)7-6-8-15(25(2)3)17(28)13(20(24)31)19(30)22(8,33)18(29)11(7)16(27)12-10(26)5-4-9(23)14(12)21/h7-8,15,26,28-29,32-33H,4-6H2,1-3H3,(H2,24,31)/t7-,8-,15-,21-,22-/m0/s1. The number of allylic oxidation sites excluding steroid dienone is 2. The minimum atomic E-state index is -2.76. The summed E-state index contributed by atoms with van der Waals surface area (Å²) in [7, 11) is 3.05. The molecule has 4 aliphatic rings. The van der Waals surface area contributed by atoms with E-state index in [1.807, 2.05) is 0 Å². The van der Waals surface area contributed by atoms with Crippen molar-refractivity contribution in [2.24, 2.45) is 17.6 Å². The van der Waals surface area contributed by atoms with Crippen LogP contribution in [0.4, 0.5) is 0 Å². The van der Waals surface area contributed by atoms with Gasteiger partial charge in [-0.1, -0.05) is 11.6 Å². The molecule has 0 heterocycles. The number of rotatable bonds is 2. The Morgan fingerprint density at radius 2 is 1.76 bits per heavy atom. The zero-order chi connectivity index (χ0) is 24.8. The average Bonchev–Trinajstić information content (AvgIpc) is 2.69. The lowest BCUT2D eigenvalue weighted by molar-refractivity contribution is -0.152. The van der Waals surface area contributed by atoms with E-state index >= 15 is 0 Å². The highest BCUT2D eigenvalue weighted by Crippen LogP contribution is 2.57. The molecule has 10 nitrogen and oxygen atoms in total. The van der Waals surface area contributed by atoms with Crippen LogP contribution in [-0.2, 0) is 14.4 Å². The second-order valence-electron chi connectivity index (χ2n) is 9.36. The second kappa shape index (κ2) is 7.17. The molecule has 0 radical (unpaired) electrons. The largest absolute Gasteiger partial charge is 0.512 e. The Hall–Kier alpha value is -2.66. The van der Waals surface area contributed by atoms with Gasteiger partial charge >= 0.3 is 0 Å². The predicted molar refractivity (Wildman–Crippen MR) is 115 cm³/mol. The number of fused-ring (bicyclic) bond motifs is 3. The maximum atomic E-state index is 13.4. The number of nitrogens with two attached hydrogens (primary N) is 1. The van der Waals surface area contributed by atoms with E-state index < -0.39 is 69.2 Å². The molecule has 33 heavy (non-hydrogen) atoms. The third kappa shape index (κ3) is 2.81. The highest BCUT2D eigenvalue weighted by molar-refractivity contribution is 6.32. The van der Waals surface area contributed by atoms with Crippen LogP contribution in [0.5, 0.6) is 0 Å². The number of nitrogens with zero attached hydrogens (tertiary/aromatic N) is 1. The number of likely N-dealkylation sites (N-methyl/N-ethyl adjacent to an activating group) is 1. The summed E-state index contributed by atoms with van der Waals surface area (Å²) in [5.41, 5.74) is -0.915. The molecule has 0 bridgehead atoms. The van der Waals surface area contributed by atoms with Crippen LogP contribution in [0.15, 0.2) is 44.6 Å². The molecule has 7 N–H and O–H groups in total. The van der Waals surface area contributed by atoms with Crippen LogP contribution in [0.2, 0.25) is 0 Å². The Kier molecular flexibility index (Phi) is 5.10. The molecule has 1 saturated carbocycles. The summed E-state index contributed by atoms with van der Waals surface area (Å²) in [5.74, 6) is -7.95. The summed E-state index contributed by atoms with van der Waals surface area (Å²) in [6.45, 7) is 1.37. The van der Waals surface area contributed by atoms with E-state index in [1.54, 1.807) is 0 Å². The van der Waals surface area contributed by atoms with Crippen LogP contribution in [0.1, 0.15) is 26.2 Å². The van der Waals surface area contributed by atoms with Crippen LogP contribution >= 0.6 is 11.6 Å². The zero-order valence-corrected chi connectivity index (χ0v) is 19.0. The van der Waals surface area contributed by atoms with Gasteiger partial charge in [-0.25, -0.2) is 0 Å². The van der Waals surface area contributed by atoms with Crippen molar-refractivity contribution in [2.75, 3.05) is 14.1 Å². The summed E-state index contributed by atoms with van der Waals surface area (Å²) >= 11 is 6.35. The number of Topliss-reactive ketones (excluding diaryl/α,β-unsaturated/α-hetero) is 2. The molecule has 0 aromatic heterocycles. The minimum Gasteiger partial charge on any atom is -0.512 e. The average molecular weight is 481 g/mol. The lowest BCUT2D eigenvalue weighted by Crippen LogP contribution is -2.65. The topological polar surface area (TPSA) is 182 Å². The fourth-order valence-corrected chi connectivity index (χ4v) is 6.21. The molecule has 0 aliphatic heterocycles. The van der Waals surface area contributed by atoms with Crippen molar-refractivity contribution in [3.63, 3.8) is 0 Å². The van der Waals surface area contributed by atoms with E-state index in [0.29, 0.717) is 0 Å². The van der Waals surface area contributed by atoms with Gasteiger partial charge in [0.1, 0.15) is 22.9 Å². The SMILES string of the molecule is CN(C)[C@@H]1C(O)=C(C(N)=O)C(=O)[C@@]2(O)C(O)=C3C(=O)C4=C(O)CCC(Cl)=C4[C@@](C)(O)[C@H]3C[C@@H]12. The Morgan fingerprint density at radius 1 is 1.15 bits per heavy atom. The quantitative estimate of drug-likeness (QED) is 0.305. The Balaban J connectivity index is 2.04. The van der Waals surface area contributed by atoms with Crippen molar-refractivity contribution in [1.82, 2.24) is 4.90 Å². The van der Waals surface area contributed by atoms with Crippen molar-refractivity contribution in [3.8, 4) is 0 Å².